The van der Waals surface area contributed by atoms with Gasteiger partial charge in [0.15, 0.2) is 0 Å². The second kappa shape index (κ2) is 5.84. The summed E-state index contributed by atoms with van der Waals surface area (Å²) in [5.74, 6) is 0. The highest BCUT2D eigenvalue weighted by Crippen LogP contribution is 2.32. The lowest BCUT2D eigenvalue weighted by atomic mass is 9.94. The average molecular weight is 312 g/mol. The summed E-state index contributed by atoms with van der Waals surface area (Å²) in [5.41, 5.74) is 1.79. The second-order valence-corrected chi connectivity index (χ2v) is 6.48. The van der Waals surface area contributed by atoms with E-state index in [0.717, 1.165) is 42.4 Å². The summed E-state index contributed by atoms with van der Waals surface area (Å²) in [5, 5.41) is 14.6. The summed E-state index contributed by atoms with van der Waals surface area (Å²) in [7, 11) is 0. The van der Waals surface area contributed by atoms with E-state index < -0.39 is 5.60 Å². The largest absolute Gasteiger partial charge is 0.388 e. The summed E-state index contributed by atoms with van der Waals surface area (Å²) >= 11 is 7.43. The molecule has 0 aliphatic heterocycles. The molecule has 3 rings (SSSR count). The van der Waals surface area contributed by atoms with Gasteiger partial charge in [0.2, 0.25) is 0 Å². The van der Waals surface area contributed by atoms with E-state index in [4.69, 9.17) is 11.6 Å². The molecule has 0 spiro atoms. The average Bonchev–Trinajstić information content (AvgIpc) is 2.80. The molecule has 0 bridgehead atoms. The lowest BCUT2D eigenvalue weighted by molar-refractivity contribution is 0.0381. The van der Waals surface area contributed by atoms with E-state index >= 15 is 0 Å². The number of rotatable bonds is 3. The van der Waals surface area contributed by atoms with Crippen LogP contribution in [0.25, 0.3) is 11.0 Å². The van der Waals surface area contributed by atoms with Crippen LogP contribution in [-0.2, 0) is 0 Å². The van der Waals surface area contributed by atoms with Gasteiger partial charge in [-0.15, -0.1) is 0 Å². The number of hydrogen-bond acceptors (Lipinski definition) is 5. The topological polar surface area (TPSA) is 58.0 Å². The van der Waals surface area contributed by atoms with E-state index in [1.54, 1.807) is 0 Å². The predicted octanol–water partition coefficient (Wildman–Crippen LogP) is 3.84. The van der Waals surface area contributed by atoms with Crippen LogP contribution in [0.5, 0.6) is 0 Å². The molecule has 4 nitrogen and oxygen atoms in total. The predicted molar refractivity (Wildman–Crippen MR) is 83.6 cm³/mol. The van der Waals surface area contributed by atoms with Gasteiger partial charge in [0, 0.05) is 6.54 Å². The van der Waals surface area contributed by atoms with Gasteiger partial charge in [-0.25, -0.2) is 0 Å². The molecule has 108 valence electrons. The molecule has 2 aromatic rings. The number of benzene rings is 1. The molecule has 1 heterocycles. The zero-order valence-corrected chi connectivity index (χ0v) is 12.8. The van der Waals surface area contributed by atoms with E-state index in [1.165, 1.54) is 24.6 Å². The lowest BCUT2D eigenvalue weighted by Crippen LogP contribution is -2.36. The third kappa shape index (κ3) is 2.90. The van der Waals surface area contributed by atoms with Gasteiger partial charge in [0.05, 0.1) is 28.0 Å². The Hall–Kier alpha value is -0.910. The fourth-order valence-electron chi connectivity index (χ4n) is 2.81. The number of fused-ring (bicyclic) bond motifs is 1. The number of aliphatic hydroxyl groups is 1. The molecule has 1 aliphatic rings. The van der Waals surface area contributed by atoms with Crippen molar-refractivity contribution in [3.8, 4) is 0 Å². The van der Waals surface area contributed by atoms with Gasteiger partial charge >= 0.3 is 0 Å². The first-order valence-corrected chi connectivity index (χ1v) is 8.16. The van der Waals surface area contributed by atoms with E-state index in [-0.39, 0.29) is 0 Å². The molecular weight excluding hydrogens is 294 g/mol. The van der Waals surface area contributed by atoms with Crippen molar-refractivity contribution in [3.63, 3.8) is 0 Å². The SMILES string of the molecule is OC1(CNc2c(Cl)ccc3nsnc23)CCCCCC1. The normalized spacial score (nSPS) is 18.9. The zero-order chi connectivity index (χ0) is 14.0. The van der Waals surface area contributed by atoms with Gasteiger partial charge in [-0.2, -0.15) is 8.75 Å². The minimum atomic E-state index is -0.633. The highest BCUT2D eigenvalue weighted by atomic mass is 35.5. The maximum Gasteiger partial charge on any atom is 0.129 e. The molecule has 1 aromatic heterocycles. The molecule has 2 N–H and O–H groups in total. The Kier molecular flexibility index (Phi) is 4.10. The maximum atomic E-state index is 10.7. The Morgan fingerprint density at radius 2 is 1.95 bits per heavy atom. The Bertz CT molecular complexity index is 593. The van der Waals surface area contributed by atoms with Crippen molar-refractivity contribution in [2.45, 2.75) is 44.1 Å². The van der Waals surface area contributed by atoms with Crippen LogP contribution in [0, 0.1) is 0 Å². The quantitative estimate of drug-likeness (QED) is 0.846. The summed E-state index contributed by atoms with van der Waals surface area (Å²) in [4.78, 5) is 0. The number of aromatic nitrogens is 2. The molecule has 1 aliphatic carbocycles. The van der Waals surface area contributed by atoms with Crippen molar-refractivity contribution >= 4 is 40.0 Å². The third-order valence-electron chi connectivity index (χ3n) is 4.01. The van der Waals surface area contributed by atoms with Crippen LogP contribution in [0.4, 0.5) is 5.69 Å². The van der Waals surface area contributed by atoms with Crippen LogP contribution >= 0.6 is 23.3 Å². The van der Waals surface area contributed by atoms with Crippen LogP contribution in [0.15, 0.2) is 12.1 Å². The molecule has 0 saturated heterocycles. The third-order valence-corrected chi connectivity index (χ3v) is 4.86. The Morgan fingerprint density at radius 1 is 1.20 bits per heavy atom. The maximum absolute atomic E-state index is 10.7. The van der Waals surface area contributed by atoms with E-state index in [0.29, 0.717) is 11.6 Å². The van der Waals surface area contributed by atoms with Gasteiger partial charge in [0.25, 0.3) is 0 Å². The molecule has 20 heavy (non-hydrogen) atoms. The lowest BCUT2D eigenvalue weighted by Gasteiger charge is -2.27. The van der Waals surface area contributed by atoms with E-state index in [1.807, 2.05) is 12.1 Å². The van der Waals surface area contributed by atoms with Crippen LogP contribution in [0.3, 0.4) is 0 Å². The Labute approximate surface area is 127 Å². The number of halogens is 1. The fourth-order valence-corrected chi connectivity index (χ4v) is 3.57. The molecule has 1 saturated carbocycles. The van der Waals surface area contributed by atoms with Crippen molar-refractivity contribution in [2.24, 2.45) is 0 Å². The summed E-state index contributed by atoms with van der Waals surface area (Å²) in [6.45, 7) is 0.517. The molecule has 6 heteroatoms. The number of nitrogens with zero attached hydrogens (tertiary/aromatic N) is 2. The molecule has 0 amide bonds. The van der Waals surface area contributed by atoms with Gasteiger partial charge in [-0.1, -0.05) is 37.3 Å². The molecule has 1 aromatic carbocycles. The first-order chi connectivity index (χ1) is 9.68. The van der Waals surface area contributed by atoms with E-state index in [2.05, 4.69) is 14.1 Å². The van der Waals surface area contributed by atoms with Crippen molar-refractivity contribution in [3.05, 3.63) is 17.2 Å². The van der Waals surface area contributed by atoms with Gasteiger partial charge < -0.3 is 10.4 Å². The van der Waals surface area contributed by atoms with Crippen LogP contribution in [-0.4, -0.2) is 26.0 Å². The van der Waals surface area contributed by atoms with Crippen LogP contribution in [0.1, 0.15) is 38.5 Å². The Balaban J connectivity index is 1.79. The first-order valence-electron chi connectivity index (χ1n) is 7.05. The van der Waals surface area contributed by atoms with Crippen molar-refractivity contribution < 1.29 is 5.11 Å². The zero-order valence-electron chi connectivity index (χ0n) is 11.2. The second-order valence-electron chi connectivity index (χ2n) is 5.55. The molecule has 0 unspecified atom stereocenters. The van der Waals surface area contributed by atoms with Crippen LogP contribution < -0.4 is 5.32 Å². The summed E-state index contributed by atoms with van der Waals surface area (Å²) in [6.07, 6.45) is 6.32. The van der Waals surface area contributed by atoms with E-state index in [9.17, 15) is 5.11 Å². The van der Waals surface area contributed by atoms with Crippen LogP contribution in [0.2, 0.25) is 5.02 Å². The minimum absolute atomic E-state index is 0.517. The number of anilines is 1. The van der Waals surface area contributed by atoms with Gasteiger partial charge in [-0.3, -0.25) is 0 Å². The molecule has 1 fully saturated rings. The summed E-state index contributed by atoms with van der Waals surface area (Å²) < 4.78 is 8.50. The van der Waals surface area contributed by atoms with Gasteiger partial charge in [0.1, 0.15) is 11.0 Å². The van der Waals surface area contributed by atoms with Crippen molar-refractivity contribution in [1.29, 1.82) is 0 Å². The van der Waals surface area contributed by atoms with Gasteiger partial charge in [-0.05, 0) is 25.0 Å². The summed E-state index contributed by atoms with van der Waals surface area (Å²) in [6, 6.07) is 3.69. The number of nitrogens with one attached hydrogen (secondary N) is 1. The first kappa shape index (κ1) is 14.0. The Morgan fingerprint density at radius 3 is 2.70 bits per heavy atom. The molecule has 0 radical (unpaired) electrons. The standard InChI is InChI=1S/C14H18ClN3OS/c15-10-5-6-11-13(18-20-17-11)12(10)16-9-14(19)7-3-1-2-4-8-14/h5-6,16,19H,1-4,7-9H2. The highest BCUT2D eigenvalue weighted by Gasteiger charge is 2.28. The fraction of sp³-hybridized carbons (Fsp3) is 0.571. The minimum Gasteiger partial charge on any atom is -0.388 e. The monoisotopic (exact) mass is 311 g/mol. The number of hydrogen-bond donors (Lipinski definition) is 2. The smallest absolute Gasteiger partial charge is 0.129 e. The highest BCUT2D eigenvalue weighted by molar-refractivity contribution is 7.00. The molecular formula is C14H18ClN3OS. The molecule has 0 atom stereocenters. The van der Waals surface area contributed by atoms with Crippen molar-refractivity contribution in [1.82, 2.24) is 8.75 Å². The van der Waals surface area contributed by atoms with Crippen molar-refractivity contribution in [2.75, 3.05) is 11.9 Å².